The molecule has 0 radical (unpaired) electrons. The number of hydrogen-bond donors (Lipinski definition) is 2. The summed E-state index contributed by atoms with van der Waals surface area (Å²) in [4.78, 5) is 13.1. The number of halogens is 1. The fourth-order valence-corrected chi connectivity index (χ4v) is 3.01. The Morgan fingerprint density at radius 1 is 1.42 bits per heavy atom. The highest BCUT2D eigenvalue weighted by molar-refractivity contribution is 9.11. The van der Waals surface area contributed by atoms with E-state index in [1.807, 2.05) is 12.1 Å². The minimum atomic E-state index is -0.171. The highest BCUT2D eigenvalue weighted by atomic mass is 79.9. The van der Waals surface area contributed by atoms with Gasteiger partial charge in [-0.1, -0.05) is 0 Å². The predicted molar refractivity (Wildman–Crippen MR) is 80.6 cm³/mol. The van der Waals surface area contributed by atoms with Crippen molar-refractivity contribution >= 4 is 38.9 Å². The van der Waals surface area contributed by atoms with Crippen LogP contribution in [0, 0.1) is 0 Å². The molecule has 1 amide bonds. The van der Waals surface area contributed by atoms with Crippen LogP contribution in [0.2, 0.25) is 0 Å². The number of thiophene rings is 1. The van der Waals surface area contributed by atoms with Crippen molar-refractivity contribution in [1.82, 2.24) is 5.32 Å². The normalized spacial score (nSPS) is 10.2. The highest BCUT2D eigenvalue weighted by Gasteiger charge is 2.08. The van der Waals surface area contributed by atoms with Crippen molar-refractivity contribution in [3.05, 3.63) is 44.6 Å². The maximum Gasteiger partial charge on any atom is 0.251 e. The molecule has 1 aromatic carbocycles. The van der Waals surface area contributed by atoms with Crippen molar-refractivity contribution in [1.29, 1.82) is 0 Å². The summed E-state index contributed by atoms with van der Waals surface area (Å²) in [6.45, 7) is 0.492. The molecule has 100 valence electrons. The van der Waals surface area contributed by atoms with Crippen LogP contribution < -0.4 is 15.8 Å². The second-order valence-electron chi connectivity index (χ2n) is 3.88. The number of nitrogen functional groups attached to an aromatic ring is 1. The zero-order chi connectivity index (χ0) is 13.8. The molecule has 6 heteroatoms. The second kappa shape index (κ2) is 6.08. The van der Waals surface area contributed by atoms with E-state index in [-0.39, 0.29) is 5.91 Å². The average molecular weight is 341 g/mol. The third kappa shape index (κ3) is 3.71. The van der Waals surface area contributed by atoms with Crippen molar-refractivity contribution in [2.24, 2.45) is 0 Å². The van der Waals surface area contributed by atoms with Crippen LogP contribution in [0.25, 0.3) is 0 Å². The number of rotatable bonds is 4. The number of methoxy groups -OCH3 is 1. The Hall–Kier alpha value is -1.53. The lowest BCUT2D eigenvalue weighted by molar-refractivity contribution is 0.0951. The van der Waals surface area contributed by atoms with Crippen LogP contribution in [0.5, 0.6) is 5.75 Å². The van der Waals surface area contributed by atoms with Gasteiger partial charge in [0.15, 0.2) is 0 Å². The van der Waals surface area contributed by atoms with Crippen LogP contribution in [0.4, 0.5) is 5.69 Å². The first-order chi connectivity index (χ1) is 9.08. The van der Waals surface area contributed by atoms with Gasteiger partial charge in [-0.25, -0.2) is 0 Å². The molecule has 0 aliphatic carbocycles. The molecule has 0 spiro atoms. The summed E-state index contributed by atoms with van der Waals surface area (Å²) in [6, 6.07) is 8.88. The zero-order valence-electron chi connectivity index (χ0n) is 10.3. The van der Waals surface area contributed by atoms with Crippen molar-refractivity contribution < 1.29 is 9.53 Å². The summed E-state index contributed by atoms with van der Waals surface area (Å²) in [5, 5.41) is 2.85. The molecule has 0 saturated heterocycles. The number of hydrogen-bond acceptors (Lipinski definition) is 4. The van der Waals surface area contributed by atoms with Crippen molar-refractivity contribution in [3.8, 4) is 5.75 Å². The Labute approximate surface area is 123 Å². The van der Waals surface area contributed by atoms with Gasteiger partial charge in [-0.15, -0.1) is 11.3 Å². The van der Waals surface area contributed by atoms with Gasteiger partial charge in [0.1, 0.15) is 5.75 Å². The third-order valence-corrected chi connectivity index (χ3v) is 4.10. The molecule has 0 aliphatic rings. The van der Waals surface area contributed by atoms with Crippen LogP contribution in [0.3, 0.4) is 0 Å². The van der Waals surface area contributed by atoms with Gasteiger partial charge in [0.25, 0.3) is 5.91 Å². The van der Waals surface area contributed by atoms with Crippen molar-refractivity contribution in [2.45, 2.75) is 6.54 Å². The monoisotopic (exact) mass is 340 g/mol. The molecule has 0 unspecified atom stereocenters. The lowest BCUT2D eigenvalue weighted by Crippen LogP contribution is -2.22. The Morgan fingerprint density at radius 3 is 2.84 bits per heavy atom. The number of nitrogens with two attached hydrogens (primary N) is 1. The molecule has 2 rings (SSSR count). The summed E-state index contributed by atoms with van der Waals surface area (Å²) in [7, 11) is 1.54. The van der Waals surface area contributed by atoms with Crippen LogP contribution in [0.15, 0.2) is 34.1 Å². The van der Waals surface area contributed by atoms with E-state index in [0.29, 0.717) is 23.5 Å². The zero-order valence-corrected chi connectivity index (χ0v) is 12.7. The predicted octanol–water partition coefficient (Wildman–Crippen LogP) is 3.03. The first-order valence-electron chi connectivity index (χ1n) is 5.55. The SMILES string of the molecule is COc1cc(N)cc(C(=O)NCc2ccc(Br)s2)c1. The number of ether oxygens (including phenoxy) is 1. The van der Waals surface area contributed by atoms with Gasteiger partial charge in [-0.2, -0.15) is 0 Å². The Bertz CT molecular complexity index is 598. The molecule has 0 bridgehead atoms. The van der Waals surface area contributed by atoms with Crippen LogP contribution >= 0.6 is 27.3 Å². The van der Waals surface area contributed by atoms with Gasteiger partial charge >= 0.3 is 0 Å². The highest BCUT2D eigenvalue weighted by Crippen LogP contribution is 2.22. The van der Waals surface area contributed by atoms with Crippen molar-refractivity contribution in [3.63, 3.8) is 0 Å². The quantitative estimate of drug-likeness (QED) is 0.840. The molecule has 0 atom stereocenters. The maximum absolute atomic E-state index is 12.0. The van der Waals surface area contributed by atoms with Gasteiger partial charge in [-0.3, -0.25) is 4.79 Å². The van der Waals surface area contributed by atoms with E-state index in [9.17, 15) is 4.79 Å². The first-order valence-corrected chi connectivity index (χ1v) is 7.16. The van der Waals surface area contributed by atoms with E-state index in [0.717, 1.165) is 8.66 Å². The lowest BCUT2D eigenvalue weighted by Gasteiger charge is -2.07. The summed E-state index contributed by atoms with van der Waals surface area (Å²) in [5.41, 5.74) is 6.72. The molecular formula is C13H13BrN2O2S. The smallest absolute Gasteiger partial charge is 0.251 e. The number of carbonyl (C=O) groups is 1. The maximum atomic E-state index is 12.0. The van der Waals surface area contributed by atoms with E-state index in [1.165, 1.54) is 0 Å². The Balaban J connectivity index is 2.05. The minimum Gasteiger partial charge on any atom is -0.497 e. The largest absolute Gasteiger partial charge is 0.497 e. The molecule has 3 N–H and O–H groups in total. The average Bonchev–Trinajstić information content (AvgIpc) is 2.81. The van der Waals surface area contributed by atoms with Gasteiger partial charge in [0.05, 0.1) is 17.4 Å². The summed E-state index contributed by atoms with van der Waals surface area (Å²) >= 11 is 4.97. The molecule has 0 fully saturated rings. The molecule has 0 aliphatic heterocycles. The second-order valence-corrected chi connectivity index (χ2v) is 6.43. The fourth-order valence-electron chi connectivity index (χ4n) is 1.59. The molecule has 1 aromatic heterocycles. The van der Waals surface area contributed by atoms with Gasteiger partial charge in [-0.05, 0) is 40.2 Å². The first kappa shape index (κ1) is 13.9. The lowest BCUT2D eigenvalue weighted by atomic mass is 10.1. The van der Waals surface area contributed by atoms with Gasteiger partial charge < -0.3 is 15.8 Å². The number of benzene rings is 1. The van der Waals surface area contributed by atoms with E-state index in [2.05, 4.69) is 21.2 Å². The van der Waals surface area contributed by atoms with Crippen LogP contribution in [-0.2, 0) is 6.54 Å². The number of nitrogens with one attached hydrogen (secondary N) is 1. The summed E-state index contributed by atoms with van der Waals surface area (Å²) in [6.07, 6.45) is 0. The van der Waals surface area contributed by atoms with Gasteiger partial charge in [0.2, 0.25) is 0 Å². The minimum absolute atomic E-state index is 0.171. The standard InChI is InChI=1S/C13H13BrN2O2S/c1-18-10-5-8(4-9(15)6-10)13(17)16-7-11-2-3-12(14)19-11/h2-6H,7,15H2,1H3,(H,16,17). The molecule has 19 heavy (non-hydrogen) atoms. The van der Waals surface area contributed by atoms with Crippen LogP contribution in [-0.4, -0.2) is 13.0 Å². The molecule has 4 nitrogen and oxygen atoms in total. The van der Waals surface area contributed by atoms with Gasteiger partial charge in [0, 0.05) is 22.2 Å². The topological polar surface area (TPSA) is 64.3 Å². The number of anilines is 1. The molecule has 1 heterocycles. The van der Waals surface area contributed by atoms with E-state index < -0.39 is 0 Å². The molecule has 0 saturated carbocycles. The van der Waals surface area contributed by atoms with E-state index in [4.69, 9.17) is 10.5 Å². The summed E-state index contributed by atoms with van der Waals surface area (Å²) < 4.78 is 6.13. The summed E-state index contributed by atoms with van der Waals surface area (Å²) in [5.74, 6) is 0.402. The third-order valence-electron chi connectivity index (χ3n) is 2.48. The van der Waals surface area contributed by atoms with Crippen LogP contribution in [0.1, 0.15) is 15.2 Å². The fraction of sp³-hybridized carbons (Fsp3) is 0.154. The number of carbonyl (C=O) groups excluding carboxylic acids is 1. The Morgan fingerprint density at radius 2 is 2.21 bits per heavy atom. The molecular weight excluding hydrogens is 328 g/mol. The molecule has 2 aromatic rings. The van der Waals surface area contributed by atoms with E-state index in [1.54, 1.807) is 36.6 Å². The number of amides is 1. The van der Waals surface area contributed by atoms with E-state index >= 15 is 0 Å². The Kier molecular flexibility index (Phi) is 4.44. The van der Waals surface area contributed by atoms with Crippen molar-refractivity contribution in [2.75, 3.05) is 12.8 Å².